The molecule has 0 aliphatic rings. The van der Waals surface area contributed by atoms with Gasteiger partial charge in [-0.3, -0.25) is 10.0 Å². The van der Waals surface area contributed by atoms with Crippen molar-refractivity contribution in [2.24, 2.45) is 0 Å². The third-order valence-corrected chi connectivity index (χ3v) is 6.30. The molecule has 1 amide bonds. The third kappa shape index (κ3) is 5.16. The van der Waals surface area contributed by atoms with Crippen LogP contribution in [0.1, 0.15) is 21.5 Å². The van der Waals surface area contributed by atoms with Crippen LogP contribution in [0, 0.1) is 29.2 Å². The lowest BCUT2D eigenvalue weighted by Crippen LogP contribution is -2.31. The second kappa shape index (κ2) is 9.60. The van der Waals surface area contributed by atoms with Crippen LogP contribution in [0.2, 0.25) is 0 Å². The summed E-state index contributed by atoms with van der Waals surface area (Å²) in [5.41, 5.74) is 1.86. The van der Waals surface area contributed by atoms with Gasteiger partial charge in [0, 0.05) is 30.9 Å². The molecule has 33 heavy (non-hydrogen) atoms. The largest absolute Gasteiger partial charge is 0.288 e. The number of amides is 1. The second-order valence-corrected chi connectivity index (χ2v) is 8.60. The lowest BCUT2D eigenvalue weighted by molar-refractivity contribution is 0.0706. The summed E-state index contributed by atoms with van der Waals surface area (Å²) in [6.45, 7) is -1.00. The molecular weight excluding hydrogens is 473 g/mol. The summed E-state index contributed by atoms with van der Waals surface area (Å²) in [5, 5.41) is 8.67. The van der Waals surface area contributed by atoms with Gasteiger partial charge in [-0.25, -0.2) is 36.4 Å². The number of hydrogen-bond donors (Lipinski definition) is 2. The number of nitrogens with one attached hydrogen (secondary N) is 1. The number of pyridine rings is 1. The third-order valence-electron chi connectivity index (χ3n) is 4.51. The monoisotopic (exact) mass is 487 g/mol. The summed E-state index contributed by atoms with van der Waals surface area (Å²) < 4.78 is 95.0. The van der Waals surface area contributed by atoms with Crippen molar-refractivity contribution in [3.8, 4) is 0 Å². The molecule has 0 aliphatic heterocycles. The van der Waals surface area contributed by atoms with Crippen LogP contribution in [0.3, 0.4) is 0 Å². The van der Waals surface area contributed by atoms with Crippen molar-refractivity contribution in [3.05, 3.63) is 94.6 Å². The standard InChI is InChI=1S/C20H14F5N3O4S/c21-14-7-15(18(24)19(25)17(14)23)33(31,32)28(10-12-3-6-16(22)26-8-12)9-11-1-4-13(5-2-11)20(29)27-30/h1-8,30H,9-10H2,(H,27,29). The van der Waals surface area contributed by atoms with Crippen LogP contribution in [-0.2, 0) is 23.1 Å². The minimum atomic E-state index is -4.96. The normalized spacial score (nSPS) is 11.6. The molecular formula is C20H14F5N3O4S. The number of aromatic nitrogens is 1. The van der Waals surface area contributed by atoms with E-state index in [2.05, 4.69) is 4.98 Å². The minimum absolute atomic E-state index is 0.0215. The number of sulfonamides is 1. The number of rotatable bonds is 7. The van der Waals surface area contributed by atoms with E-state index >= 15 is 0 Å². The number of nitrogens with zero attached hydrogens (tertiary/aromatic N) is 2. The Labute approximate surface area is 184 Å². The molecule has 3 rings (SSSR count). The Hall–Kier alpha value is -3.42. The fourth-order valence-corrected chi connectivity index (χ4v) is 4.32. The highest BCUT2D eigenvalue weighted by atomic mass is 32.2. The first-order chi connectivity index (χ1) is 15.5. The Kier molecular flexibility index (Phi) is 7.05. The number of carbonyl (C=O) groups is 1. The predicted octanol–water partition coefficient (Wildman–Crippen LogP) is 3.29. The molecule has 174 valence electrons. The lowest BCUT2D eigenvalue weighted by Gasteiger charge is -2.23. The van der Waals surface area contributed by atoms with Crippen molar-refractivity contribution in [1.29, 1.82) is 0 Å². The Morgan fingerprint density at radius 3 is 2.09 bits per heavy atom. The van der Waals surface area contributed by atoms with Gasteiger partial charge < -0.3 is 0 Å². The maximum Gasteiger partial charge on any atom is 0.274 e. The van der Waals surface area contributed by atoms with Gasteiger partial charge in [-0.2, -0.15) is 8.70 Å². The molecule has 1 heterocycles. The van der Waals surface area contributed by atoms with Crippen molar-refractivity contribution in [3.63, 3.8) is 0 Å². The van der Waals surface area contributed by atoms with E-state index in [1.807, 2.05) is 0 Å². The number of halogens is 5. The molecule has 13 heteroatoms. The van der Waals surface area contributed by atoms with Crippen LogP contribution in [0.25, 0.3) is 0 Å². The molecule has 0 atom stereocenters. The SMILES string of the molecule is O=C(NO)c1ccc(CN(Cc2ccc(F)nc2)S(=O)(=O)c2cc(F)c(F)c(F)c2F)cc1. The zero-order valence-electron chi connectivity index (χ0n) is 16.4. The van der Waals surface area contributed by atoms with Gasteiger partial charge in [0.25, 0.3) is 5.91 Å². The summed E-state index contributed by atoms with van der Waals surface area (Å²) in [5.74, 6) is -10.2. The predicted molar refractivity (Wildman–Crippen MR) is 103 cm³/mol. The number of hydrogen-bond acceptors (Lipinski definition) is 5. The molecule has 0 saturated carbocycles. The van der Waals surface area contributed by atoms with Gasteiger partial charge in [-0.05, 0) is 29.3 Å². The lowest BCUT2D eigenvalue weighted by atomic mass is 10.1. The smallest absolute Gasteiger partial charge is 0.274 e. The van der Waals surface area contributed by atoms with Gasteiger partial charge in [0.05, 0.1) is 0 Å². The molecule has 0 aliphatic carbocycles. The van der Waals surface area contributed by atoms with Crippen LogP contribution >= 0.6 is 0 Å². The van der Waals surface area contributed by atoms with Gasteiger partial charge in [-0.15, -0.1) is 0 Å². The van der Waals surface area contributed by atoms with E-state index in [9.17, 15) is 35.2 Å². The highest BCUT2D eigenvalue weighted by molar-refractivity contribution is 7.89. The highest BCUT2D eigenvalue weighted by Crippen LogP contribution is 2.27. The van der Waals surface area contributed by atoms with Gasteiger partial charge in [0.15, 0.2) is 23.3 Å². The maximum atomic E-state index is 14.3. The van der Waals surface area contributed by atoms with E-state index in [4.69, 9.17) is 5.21 Å². The van der Waals surface area contributed by atoms with Crippen LogP contribution < -0.4 is 5.48 Å². The van der Waals surface area contributed by atoms with E-state index in [1.165, 1.54) is 35.8 Å². The summed E-state index contributed by atoms with van der Waals surface area (Å²) in [4.78, 5) is 13.4. The first-order valence-electron chi connectivity index (χ1n) is 9.01. The first kappa shape index (κ1) is 24.2. The van der Waals surface area contributed by atoms with Crippen LogP contribution in [0.5, 0.6) is 0 Å². The summed E-state index contributed by atoms with van der Waals surface area (Å²) in [6.07, 6.45) is 1.01. The van der Waals surface area contributed by atoms with E-state index in [0.717, 1.165) is 12.3 Å². The van der Waals surface area contributed by atoms with Crippen LogP contribution in [0.4, 0.5) is 22.0 Å². The average molecular weight is 487 g/mol. The molecule has 0 fully saturated rings. The van der Waals surface area contributed by atoms with Crippen LogP contribution in [0.15, 0.2) is 53.6 Å². The quantitative estimate of drug-likeness (QED) is 0.133. The maximum absolute atomic E-state index is 14.3. The molecule has 0 unspecified atom stereocenters. The highest BCUT2D eigenvalue weighted by Gasteiger charge is 2.32. The van der Waals surface area contributed by atoms with Crippen molar-refractivity contribution in [2.45, 2.75) is 18.0 Å². The van der Waals surface area contributed by atoms with Gasteiger partial charge in [0.1, 0.15) is 4.90 Å². The Morgan fingerprint density at radius 2 is 1.52 bits per heavy atom. The molecule has 7 nitrogen and oxygen atoms in total. The van der Waals surface area contributed by atoms with Crippen molar-refractivity contribution in [1.82, 2.24) is 14.8 Å². The number of hydroxylamine groups is 1. The molecule has 2 N–H and O–H groups in total. The van der Waals surface area contributed by atoms with Crippen molar-refractivity contribution < 1.29 is 40.4 Å². The summed E-state index contributed by atoms with van der Waals surface area (Å²) >= 11 is 0. The summed E-state index contributed by atoms with van der Waals surface area (Å²) in [7, 11) is -4.96. The Bertz CT molecular complexity index is 1290. The molecule has 0 spiro atoms. The molecule has 2 aromatic carbocycles. The van der Waals surface area contributed by atoms with E-state index < -0.39 is 63.1 Å². The minimum Gasteiger partial charge on any atom is -0.288 e. The van der Waals surface area contributed by atoms with Gasteiger partial charge in [-0.1, -0.05) is 18.2 Å². The second-order valence-electron chi connectivity index (χ2n) is 6.70. The van der Waals surface area contributed by atoms with E-state index in [-0.39, 0.29) is 22.8 Å². The Morgan fingerprint density at radius 1 is 0.909 bits per heavy atom. The molecule has 0 radical (unpaired) electrons. The van der Waals surface area contributed by atoms with E-state index in [1.54, 1.807) is 0 Å². The average Bonchev–Trinajstić information content (AvgIpc) is 2.80. The van der Waals surface area contributed by atoms with E-state index in [0.29, 0.717) is 4.31 Å². The molecule has 1 aromatic heterocycles. The van der Waals surface area contributed by atoms with Gasteiger partial charge >= 0.3 is 0 Å². The Balaban J connectivity index is 2.04. The molecule has 3 aromatic rings. The fourth-order valence-electron chi connectivity index (χ4n) is 2.84. The first-order valence-corrected chi connectivity index (χ1v) is 10.5. The molecule has 0 saturated heterocycles. The fraction of sp³-hybridized carbons (Fsp3) is 0.100. The van der Waals surface area contributed by atoms with Crippen LogP contribution in [-0.4, -0.2) is 28.8 Å². The molecule has 0 bridgehead atoms. The number of benzene rings is 2. The van der Waals surface area contributed by atoms with Crippen molar-refractivity contribution >= 4 is 15.9 Å². The topological polar surface area (TPSA) is 99.6 Å². The summed E-state index contributed by atoms with van der Waals surface area (Å²) in [6, 6.07) is 7.30. The number of carbonyl (C=O) groups excluding carboxylic acids is 1. The van der Waals surface area contributed by atoms with Gasteiger partial charge in [0.2, 0.25) is 16.0 Å². The van der Waals surface area contributed by atoms with Crippen molar-refractivity contribution in [2.75, 3.05) is 0 Å². The zero-order valence-corrected chi connectivity index (χ0v) is 17.2. The zero-order chi connectivity index (χ0) is 24.3.